The number of benzene rings is 1. The second-order valence-electron chi connectivity index (χ2n) is 7.99. The first-order valence-corrected chi connectivity index (χ1v) is 10.6. The Kier molecular flexibility index (Phi) is 10.5. The minimum absolute atomic E-state index is 0. The van der Waals surface area contributed by atoms with Crippen LogP contribution in [0.4, 0.5) is 0 Å². The molecule has 1 aromatic carbocycles. The normalized spacial score (nSPS) is 20.0. The summed E-state index contributed by atoms with van der Waals surface area (Å²) >= 11 is 0. The number of halogens is 1. The SMILES string of the molecule is CN=C(NCCN(C)C1CCCC1)NCc1ccc(C)cc1OC1CCOC1.I. The molecular formula is C22H37IN4O2. The molecule has 1 saturated heterocycles. The molecule has 1 unspecified atom stereocenters. The van der Waals surface area contributed by atoms with Gasteiger partial charge in [-0.1, -0.05) is 25.0 Å². The number of nitrogens with one attached hydrogen (secondary N) is 2. The van der Waals surface area contributed by atoms with E-state index in [1.807, 2.05) is 7.05 Å². The Balaban J connectivity index is 0.00000300. The van der Waals surface area contributed by atoms with E-state index < -0.39 is 0 Å². The van der Waals surface area contributed by atoms with Gasteiger partial charge in [0.25, 0.3) is 0 Å². The van der Waals surface area contributed by atoms with Crippen molar-refractivity contribution in [2.24, 2.45) is 4.99 Å². The number of aliphatic imine (C=N–C) groups is 1. The third-order valence-corrected chi connectivity index (χ3v) is 5.78. The molecule has 1 heterocycles. The average molecular weight is 516 g/mol. The van der Waals surface area contributed by atoms with Crippen LogP contribution in [0.15, 0.2) is 23.2 Å². The first-order chi connectivity index (χ1) is 13.7. The number of hydrogen-bond acceptors (Lipinski definition) is 4. The van der Waals surface area contributed by atoms with Crippen molar-refractivity contribution in [2.75, 3.05) is 40.4 Å². The topological polar surface area (TPSA) is 58.1 Å². The molecule has 7 heteroatoms. The number of ether oxygens (including phenoxy) is 2. The van der Waals surface area contributed by atoms with Crippen molar-refractivity contribution in [1.29, 1.82) is 0 Å². The largest absolute Gasteiger partial charge is 0.488 e. The van der Waals surface area contributed by atoms with E-state index in [4.69, 9.17) is 9.47 Å². The van der Waals surface area contributed by atoms with Gasteiger partial charge in [0.1, 0.15) is 11.9 Å². The van der Waals surface area contributed by atoms with E-state index in [2.05, 4.69) is 52.7 Å². The van der Waals surface area contributed by atoms with Crippen molar-refractivity contribution < 1.29 is 9.47 Å². The molecule has 0 aromatic heterocycles. The number of nitrogens with zero attached hydrogens (tertiary/aromatic N) is 2. The van der Waals surface area contributed by atoms with Crippen LogP contribution in [0.25, 0.3) is 0 Å². The summed E-state index contributed by atoms with van der Waals surface area (Å²) < 4.78 is 11.6. The molecule has 2 fully saturated rings. The standard InChI is InChI=1S/C22H36N4O2.HI/c1-17-8-9-18(21(14-17)28-20-10-13-27-16-20)15-25-22(23-2)24-11-12-26(3)19-6-4-5-7-19;/h8-9,14,19-20H,4-7,10-13,15-16H2,1-3H3,(H2,23,24,25);1H. The Hall–Kier alpha value is -1.06. The van der Waals surface area contributed by atoms with Gasteiger partial charge in [-0.3, -0.25) is 4.99 Å². The number of rotatable bonds is 8. The zero-order chi connectivity index (χ0) is 19.8. The molecule has 2 N–H and O–H groups in total. The van der Waals surface area contributed by atoms with Crippen LogP contribution in [-0.2, 0) is 11.3 Å². The van der Waals surface area contributed by atoms with E-state index in [1.165, 1.54) is 31.2 Å². The fourth-order valence-corrected chi connectivity index (χ4v) is 3.98. The molecule has 2 aliphatic rings. The minimum atomic E-state index is 0. The van der Waals surface area contributed by atoms with Crippen molar-refractivity contribution in [3.05, 3.63) is 29.3 Å². The Morgan fingerprint density at radius 2 is 2.03 bits per heavy atom. The fraction of sp³-hybridized carbons (Fsp3) is 0.682. The summed E-state index contributed by atoms with van der Waals surface area (Å²) in [6.45, 7) is 6.17. The summed E-state index contributed by atoms with van der Waals surface area (Å²) in [5.74, 6) is 1.77. The van der Waals surface area contributed by atoms with E-state index in [9.17, 15) is 0 Å². The van der Waals surface area contributed by atoms with Gasteiger partial charge in [-0.2, -0.15) is 0 Å². The molecule has 1 saturated carbocycles. The van der Waals surface area contributed by atoms with Gasteiger partial charge in [0, 0.05) is 44.7 Å². The van der Waals surface area contributed by atoms with Gasteiger partial charge in [0.05, 0.1) is 13.2 Å². The Morgan fingerprint density at radius 1 is 1.24 bits per heavy atom. The lowest BCUT2D eigenvalue weighted by Crippen LogP contribution is -2.42. The monoisotopic (exact) mass is 516 g/mol. The average Bonchev–Trinajstić information content (AvgIpc) is 3.39. The number of hydrogen-bond donors (Lipinski definition) is 2. The third-order valence-electron chi connectivity index (χ3n) is 5.78. The molecule has 3 rings (SSSR count). The Bertz CT molecular complexity index is 644. The lowest BCUT2D eigenvalue weighted by atomic mass is 10.1. The Morgan fingerprint density at radius 3 is 2.72 bits per heavy atom. The molecular weight excluding hydrogens is 479 g/mol. The van der Waals surface area contributed by atoms with Crippen molar-refractivity contribution in [2.45, 2.75) is 57.7 Å². The summed E-state index contributed by atoms with van der Waals surface area (Å²) in [5.41, 5.74) is 2.35. The smallest absolute Gasteiger partial charge is 0.191 e. The van der Waals surface area contributed by atoms with Gasteiger partial charge in [-0.25, -0.2) is 0 Å². The molecule has 6 nitrogen and oxygen atoms in total. The quantitative estimate of drug-likeness (QED) is 0.316. The molecule has 1 aliphatic heterocycles. The molecule has 1 aromatic rings. The lowest BCUT2D eigenvalue weighted by molar-refractivity contribution is 0.140. The van der Waals surface area contributed by atoms with Gasteiger partial charge in [-0.05, 0) is 38.4 Å². The van der Waals surface area contributed by atoms with Crippen LogP contribution in [-0.4, -0.2) is 63.4 Å². The Labute approximate surface area is 192 Å². The van der Waals surface area contributed by atoms with Crippen LogP contribution >= 0.6 is 24.0 Å². The molecule has 1 atom stereocenters. The van der Waals surface area contributed by atoms with E-state index in [0.717, 1.165) is 49.4 Å². The van der Waals surface area contributed by atoms with Gasteiger partial charge in [0.15, 0.2) is 5.96 Å². The second kappa shape index (κ2) is 12.6. The molecule has 164 valence electrons. The van der Waals surface area contributed by atoms with Crippen molar-refractivity contribution in [3.63, 3.8) is 0 Å². The molecule has 1 aliphatic carbocycles. The second-order valence-corrected chi connectivity index (χ2v) is 7.99. The van der Waals surface area contributed by atoms with Crippen molar-refractivity contribution in [1.82, 2.24) is 15.5 Å². The highest BCUT2D eigenvalue weighted by atomic mass is 127. The lowest BCUT2D eigenvalue weighted by Gasteiger charge is -2.24. The summed E-state index contributed by atoms with van der Waals surface area (Å²) in [5, 5.41) is 6.86. The van der Waals surface area contributed by atoms with Gasteiger partial charge in [-0.15, -0.1) is 24.0 Å². The van der Waals surface area contributed by atoms with Crippen LogP contribution in [0.3, 0.4) is 0 Å². The number of aryl methyl sites for hydroxylation is 1. The maximum absolute atomic E-state index is 6.19. The van der Waals surface area contributed by atoms with E-state index in [0.29, 0.717) is 13.2 Å². The summed E-state index contributed by atoms with van der Waals surface area (Å²) in [4.78, 5) is 6.84. The summed E-state index contributed by atoms with van der Waals surface area (Å²) in [6.07, 6.45) is 6.54. The molecule has 29 heavy (non-hydrogen) atoms. The zero-order valence-corrected chi connectivity index (χ0v) is 20.4. The first-order valence-electron chi connectivity index (χ1n) is 10.6. The predicted molar refractivity (Wildman–Crippen MR) is 130 cm³/mol. The summed E-state index contributed by atoms with van der Waals surface area (Å²) in [6, 6.07) is 7.13. The highest BCUT2D eigenvalue weighted by Crippen LogP contribution is 2.24. The maximum Gasteiger partial charge on any atom is 0.191 e. The van der Waals surface area contributed by atoms with E-state index in [1.54, 1.807) is 0 Å². The van der Waals surface area contributed by atoms with Crippen molar-refractivity contribution in [3.8, 4) is 5.75 Å². The van der Waals surface area contributed by atoms with Crippen LogP contribution < -0.4 is 15.4 Å². The van der Waals surface area contributed by atoms with Gasteiger partial charge in [0.2, 0.25) is 0 Å². The van der Waals surface area contributed by atoms with Crippen LogP contribution in [0, 0.1) is 6.92 Å². The number of guanidine groups is 1. The summed E-state index contributed by atoms with van der Waals surface area (Å²) in [7, 11) is 4.05. The molecule has 0 spiro atoms. The molecule has 0 amide bonds. The molecule has 0 bridgehead atoms. The zero-order valence-electron chi connectivity index (χ0n) is 18.1. The third kappa shape index (κ3) is 7.61. The van der Waals surface area contributed by atoms with Gasteiger partial charge < -0.3 is 25.0 Å². The highest BCUT2D eigenvalue weighted by Gasteiger charge is 2.20. The molecule has 0 radical (unpaired) electrons. The van der Waals surface area contributed by atoms with E-state index in [-0.39, 0.29) is 30.1 Å². The van der Waals surface area contributed by atoms with Crippen molar-refractivity contribution >= 4 is 29.9 Å². The fourth-order valence-electron chi connectivity index (χ4n) is 3.98. The highest BCUT2D eigenvalue weighted by molar-refractivity contribution is 14.0. The first kappa shape index (κ1) is 24.2. The van der Waals surface area contributed by atoms with Gasteiger partial charge >= 0.3 is 0 Å². The van der Waals surface area contributed by atoms with Crippen LogP contribution in [0.2, 0.25) is 0 Å². The maximum atomic E-state index is 6.19. The van der Waals surface area contributed by atoms with Crippen LogP contribution in [0.1, 0.15) is 43.2 Å². The number of likely N-dealkylation sites (N-methyl/N-ethyl adjacent to an activating group) is 1. The van der Waals surface area contributed by atoms with E-state index >= 15 is 0 Å². The predicted octanol–water partition coefficient (Wildman–Crippen LogP) is 3.32. The minimum Gasteiger partial charge on any atom is -0.488 e. The van der Waals surface area contributed by atoms with Crippen LogP contribution in [0.5, 0.6) is 5.75 Å².